The molecule has 0 aliphatic heterocycles. The highest BCUT2D eigenvalue weighted by atomic mass is 16.4. The molecule has 0 amide bonds. The third-order valence-electron chi connectivity index (χ3n) is 9.14. The zero-order valence-electron chi connectivity index (χ0n) is 15.6. The Kier molecular flexibility index (Phi) is 3.62. The minimum Gasteiger partial charge on any atom is -0.392 e. The van der Waals surface area contributed by atoms with Crippen molar-refractivity contribution < 1.29 is 25.2 Å². The first-order valence-corrected chi connectivity index (χ1v) is 9.82. The normalized spacial score (nSPS) is 60.1. The smallest absolute Gasteiger partial charge is 0.145 e. The summed E-state index contributed by atoms with van der Waals surface area (Å²) >= 11 is 0. The Hall–Kier alpha value is -0.490. The van der Waals surface area contributed by atoms with Crippen LogP contribution in [0.15, 0.2) is 0 Å². The minimum absolute atomic E-state index is 0.0330. The van der Waals surface area contributed by atoms with Crippen LogP contribution in [-0.4, -0.2) is 50.1 Å². The first-order chi connectivity index (χ1) is 11.5. The number of fused-ring (bicyclic) bond motifs is 2. The van der Waals surface area contributed by atoms with Crippen LogP contribution >= 0.6 is 0 Å². The molecule has 142 valence electrons. The van der Waals surface area contributed by atoms with Gasteiger partial charge in [0.25, 0.3) is 0 Å². The largest absolute Gasteiger partial charge is 0.392 e. The number of ketones is 1. The van der Waals surface area contributed by atoms with E-state index >= 15 is 0 Å². The molecule has 25 heavy (non-hydrogen) atoms. The molecule has 0 heterocycles. The van der Waals surface area contributed by atoms with E-state index in [4.69, 9.17) is 0 Å². The van der Waals surface area contributed by atoms with Gasteiger partial charge in [-0.2, -0.15) is 0 Å². The summed E-state index contributed by atoms with van der Waals surface area (Å²) in [6.07, 6.45) is -0.356. The Morgan fingerprint density at radius 2 is 1.64 bits per heavy atom. The number of aliphatic hydroxyl groups is 4. The van der Waals surface area contributed by atoms with Crippen LogP contribution in [0.2, 0.25) is 0 Å². The Labute approximate surface area is 149 Å². The zero-order valence-corrected chi connectivity index (χ0v) is 15.6. The van der Waals surface area contributed by atoms with Crippen LogP contribution in [0.4, 0.5) is 0 Å². The Morgan fingerprint density at radius 1 is 1.00 bits per heavy atom. The highest BCUT2D eigenvalue weighted by Gasteiger charge is 2.73. The van der Waals surface area contributed by atoms with Gasteiger partial charge in [0.15, 0.2) is 0 Å². The molecule has 10 atom stereocenters. The minimum atomic E-state index is -1.45. The third-order valence-corrected chi connectivity index (χ3v) is 9.14. The topological polar surface area (TPSA) is 98.0 Å². The van der Waals surface area contributed by atoms with Gasteiger partial charge in [0.2, 0.25) is 0 Å². The van der Waals surface area contributed by atoms with Crippen LogP contribution in [0, 0.1) is 40.4 Å². The molecule has 4 fully saturated rings. The molecule has 4 aliphatic rings. The maximum atomic E-state index is 13.2. The maximum absolute atomic E-state index is 13.2. The van der Waals surface area contributed by atoms with Gasteiger partial charge < -0.3 is 20.4 Å². The predicted molar refractivity (Wildman–Crippen MR) is 91.5 cm³/mol. The second kappa shape index (κ2) is 5.06. The average Bonchev–Trinajstić information content (AvgIpc) is 2.75. The molecule has 5 nitrogen and oxygen atoms in total. The number of hydrogen-bond acceptors (Lipinski definition) is 5. The number of carbonyl (C=O) groups excluding carboxylic acids is 1. The molecular formula is C20H32O5. The number of rotatable bonds is 0. The molecule has 4 N–H and O–H groups in total. The van der Waals surface area contributed by atoms with Crippen molar-refractivity contribution in [3.63, 3.8) is 0 Å². The van der Waals surface area contributed by atoms with Gasteiger partial charge in [0.05, 0.1) is 23.7 Å². The second-order valence-corrected chi connectivity index (χ2v) is 9.97. The molecule has 4 saturated carbocycles. The van der Waals surface area contributed by atoms with Gasteiger partial charge in [-0.1, -0.05) is 27.7 Å². The summed E-state index contributed by atoms with van der Waals surface area (Å²) in [6, 6.07) is 0. The molecule has 0 saturated heterocycles. The van der Waals surface area contributed by atoms with Crippen molar-refractivity contribution in [2.75, 3.05) is 0 Å². The van der Waals surface area contributed by atoms with E-state index in [1.807, 2.05) is 13.8 Å². The van der Waals surface area contributed by atoms with Gasteiger partial charge in [-0.15, -0.1) is 0 Å². The van der Waals surface area contributed by atoms with Crippen molar-refractivity contribution >= 4 is 5.78 Å². The number of Topliss-reactive ketones (excluding diaryl/α,β-unsaturated/α-hetero) is 1. The van der Waals surface area contributed by atoms with E-state index in [0.717, 1.165) is 12.8 Å². The Bertz CT molecular complexity index is 603. The summed E-state index contributed by atoms with van der Waals surface area (Å²) in [5.41, 5.74) is -3.24. The van der Waals surface area contributed by atoms with E-state index in [0.29, 0.717) is 6.42 Å². The molecule has 0 aromatic heterocycles. The van der Waals surface area contributed by atoms with Crippen LogP contribution in [0.1, 0.15) is 53.4 Å². The molecule has 0 radical (unpaired) electrons. The van der Waals surface area contributed by atoms with Crippen molar-refractivity contribution in [2.45, 2.75) is 77.3 Å². The molecular weight excluding hydrogens is 320 g/mol. The van der Waals surface area contributed by atoms with Crippen LogP contribution in [0.5, 0.6) is 0 Å². The Balaban J connectivity index is 1.87. The lowest BCUT2D eigenvalue weighted by molar-refractivity contribution is -0.179. The highest BCUT2D eigenvalue weighted by Crippen LogP contribution is 2.66. The van der Waals surface area contributed by atoms with Crippen LogP contribution in [0.25, 0.3) is 0 Å². The van der Waals surface area contributed by atoms with Gasteiger partial charge in [-0.25, -0.2) is 0 Å². The van der Waals surface area contributed by atoms with Gasteiger partial charge in [-0.3, -0.25) is 4.79 Å². The lowest BCUT2D eigenvalue weighted by Crippen LogP contribution is -2.57. The fourth-order valence-electron chi connectivity index (χ4n) is 7.47. The van der Waals surface area contributed by atoms with Crippen LogP contribution < -0.4 is 0 Å². The Morgan fingerprint density at radius 3 is 2.28 bits per heavy atom. The SMILES string of the molecule is C[C@H]1[C@@H]2CC[C@H]3[C@H](C)C(=O)[C@]2(C[C@@H](O)[C@@]2(O)[C@H]1C[C@H](O)C2(C)C)[C@@H]3O. The van der Waals surface area contributed by atoms with Crippen LogP contribution in [-0.2, 0) is 4.79 Å². The number of hydrogen-bond donors (Lipinski definition) is 4. The summed E-state index contributed by atoms with van der Waals surface area (Å²) in [4.78, 5) is 13.2. The monoisotopic (exact) mass is 352 g/mol. The first-order valence-electron chi connectivity index (χ1n) is 9.82. The predicted octanol–water partition coefficient (Wildman–Crippen LogP) is 1.12. The number of carbonyl (C=O) groups is 1. The summed E-state index contributed by atoms with van der Waals surface area (Å²) in [5, 5.41) is 44.4. The summed E-state index contributed by atoms with van der Waals surface area (Å²) in [5.74, 6) is -0.515. The number of aliphatic hydroxyl groups excluding tert-OH is 3. The van der Waals surface area contributed by atoms with E-state index in [-0.39, 0.29) is 41.8 Å². The first kappa shape index (κ1) is 17.9. The fraction of sp³-hybridized carbons (Fsp3) is 0.950. The van der Waals surface area contributed by atoms with Crippen molar-refractivity contribution in [1.82, 2.24) is 0 Å². The van der Waals surface area contributed by atoms with E-state index in [1.54, 1.807) is 13.8 Å². The van der Waals surface area contributed by atoms with Gasteiger partial charge in [-0.05, 0) is 49.4 Å². The third kappa shape index (κ3) is 1.76. The van der Waals surface area contributed by atoms with Gasteiger partial charge >= 0.3 is 0 Å². The van der Waals surface area contributed by atoms with E-state index in [2.05, 4.69) is 0 Å². The molecule has 0 aromatic rings. The fourth-order valence-corrected chi connectivity index (χ4v) is 7.47. The molecule has 0 aromatic carbocycles. The van der Waals surface area contributed by atoms with E-state index in [9.17, 15) is 25.2 Å². The molecule has 0 unspecified atom stereocenters. The summed E-state index contributed by atoms with van der Waals surface area (Å²) in [6.45, 7) is 7.55. The maximum Gasteiger partial charge on any atom is 0.145 e. The van der Waals surface area contributed by atoms with Gasteiger partial charge in [0.1, 0.15) is 11.4 Å². The summed E-state index contributed by atoms with van der Waals surface area (Å²) in [7, 11) is 0. The van der Waals surface area contributed by atoms with Crippen molar-refractivity contribution in [1.29, 1.82) is 0 Å². The zero-order chi connectivity index (χ0) is 18.5. The highest BCUT2D eigenvalue weighted by molar-refractivity contribution is 5.91. The lowest BCUT2D eigenvalue weighted by Gasteiger charge is -2.46. The van der Waals surface area contributed by atoms with Crippen molar-refractivity contribution in [2.24, 2.45) is 40.4 Å². The second-order valence-electron chi connectivity index (χ2n) is 9.97. The van der Waals surface area contributed by atoms with Crippen molar-refractivity contribution in [3.05, 3.63) is 0 Å². The lowest BCUT2D eigenvalue weighted by atomic mass is 9.59. The quantitative estimate of drug-likeness (QED) is 0.524. The summed E-state index contributed by atoms with van der Waals surface area (Å²) < 4.78 is 0. The van der Waals surface area contributed by atoms with E-state index < -0.39 is 34.7 Å². The molecule has 2 bridgehead atoms. The van der Waals surface area contributed by atoms with Gasteiger partial charge in [0, 0.05) is 11.3 Å². The standard InChI is InChI=1S/C20H32O5/c1-9-11-5-6-12-10(2)13-7-14(21)18(3,4)20(13,25)15(22)8-19(12,16(9)23)17(11)24/h9-15,17,21-22,24-25H,5-8H2,1-4H3/t9-,10-,11-,12-,13-,14-,15+,17+,19+,20-/m0/s1. The average molecular weight is 352 g/mol. The molecule has 1 spiro atoms. The van der Waals surface area contributed by atoms with Crippen molar-refractivity contribution in [3.8, 4) is 0 Å². The van der Waals surface area contributed by atoms with E-state index in [1.165, 1.54) is 0 Å². The molecule has 4 rings (SSSR count). The molecule has 4 aliphatic carbocycles. The van der Waals surface area contributed by atoms with Crippen LogP contribution in [0.3, 0.4) is 0 Å². The molecule has 5 heteroatoms.